The van der Waals surface area contributed by atoms with Crippen molar-refractivity contribution in [2.24, 2.45) is 5.41 Å². The summed E-state index contributed by atoms with van der Waals surface area (Å²) in [5.41, 5.74) is 1.79. The molecule has 2 fully saturated rings. The van der Waals surface area contributed by atoms with Crippen LogP contribution in [-0.4, -0.2) is 82.0 Å². The highest BCUT2D eigenvalue weighted by Gasteiger charge is 2.45. The zero-order chi connectivity index (χ0) is 26.2. The molecular formula is C25H33N9O3. The van der Waals surface area contributed by atoms with Crippen LogP contribution in [0.1, 0.15) is 57.7 Å². The van der Waals surface area contributed by atoms with E-state index in [1.807, 2.05) is 45.2 Å². The van der Waals surface area contributed by atoms with E-state index in [9.17, 15) is 14.7 Å². The topological polar surface area (TPSA) is 144 Å². The molecule has 3 aromatic rings. The van der Waals surface area contributed by atoms with Gasteiger partial charge in [-0.2, -0.15) is 15.0 Å². The molecule has 12 heteroatoms. The van der Waals surface area contributed by atoms with Crippen LogP contribution in [0.4, 0.5) is 0 Å². The Bertz CT molecular complexity index is 1250. The number of amides is 2. The van der Waals surface area contributed by atoms with Gasteiger partial charge in [0.15, 0.2) is 0 Å². The molecule has 3 aromatic heterocycles. The van der Waals surface area contributed by atoms with Gasteiger partial charge < -0.3 is 15.3 Å². The van der Waals surface area contributed by atoms with E-state index in [1.54, 1.807) is 17.1 Å². The first-order valence-corrected chi connectivity index (χ1v) is 12.7. The number of nitrogens with one attached hydrogen (secondary N) is 1. The van der Waals surface area contributed by atoms with Gasteiger partial charge in [0.25, 0.3) is 0 Å². The van der Waals surface area contributed by atoms with E-state index in [1.165, 1.54) is 9.70 Å². The van der Waals surface area contributed by atoms with Gasteiger partial charge in [0.05, 0.1) is 30.2 Å². The van der Waals surface area contributed by atoms with Crippen molar-refractivity contribution in [3.8, 4) is 11.4 Å². The second-order valence-electron chi connectivity index (χ2n) is 10.9. The van der Waals surface area contributed by atoms with Gasteiger partial charge in [0.2, 0.25) is 11.8 Å². The number of carbonyl (C=O) groups is 2. The number of pyridine rings is 1. The molecule has 2 unspecified atom stereocenters. The lowest BCUT2D eigenvalue weighted by Gasteiger charge is -2.34. The first-order valence-electron chi connectivity index (χ1n) is 12.7. The molecule has 5 rings (SSSR count). The largest absolute Gasteiger partial charge is 0.391 e. The number of hydrogen-bond donors (Lipinski definition) is 2. The fourth-order valence-corrected chi connectivity index (χ4v) is 4.76. The van der Waals surface area contributed by atoms with E-state index in [0.717, 1.165) is 24.2 Å². The van der Waals surface area contributed by atoms with Crippen molar-refractivity contribution in [1.82, 2.24) is 45.2 Å². The standard InChI is InChI=1S/C25H33N9O3/c1-25(2,3)22(33-15-20(29-31-33)16-7-8-16)24(37)32-14-17(35)12-21(32)23(36)27-10-11-34-28-13-19(30-34)18-6-4-5-9-26-18/h4-6,9,13,15-17,21-22,35H,7-8,10-12,14H2,1-3H3,(H,27,36)/t17?,21?,22-/m1/s1. The highest BCUT2D eigenvalue weighted by molar-refractivity contribution is 5.90. The monoisotopic (exact) mass is 507 g/mol. The Balaban J connectivity index is 1.23. The van der Waals surface area contributed by atoms with Crippen LogP contribution in [0.2, 0.25) is 0 Å². The van der Waals surface area contributed by atoms with Crippen LogP contribution in [0.25, 0.3) is 11.4 Å². The van der Waals surface area contributed by atoms with Gasteiger partial charge in [-0.05, 0) is 30.4 Å². The van der Waals surface area contributed by atoms with E-state index in [2.05, 4.69) is 30.8 Å². The molecule has 0 bridgehead atoms. The lowest BCUT2D eigenvalue weighted by atomic mass is 9.85. The van der Waals surface area contributed by atoms with Gasteiger partial charge in [-0.3, -0.25) is 14.6 Å². The van der Waals surface area contributed by atoms with Gasteiger partial charge in [-0.15, -0.1) is 5.10 Å². The predicted molar refractivity (Wildman–Crippen MR) is 133 cm³/mol. The summed E-state index contributed by atoms with van der Waals surface area (Å²) >= 11 is 0. The molecule has 1 saturated heterocycles. The van der Waals surface area contributed by atoms with E-state index in [-0.39, 0.29) is 31.3 Å². The highest BCUT2D eigenvalue weighted by Crippen LogP contribution is 2.40. The van der Waals surface area contributed by atoms with Crippen LogP contribution in [0.5, 0.6) is 0 Å². The summed E-state index contributed by atoms with van der Waals surface area (Å²) in [6.45, 7) is 6.63. The van der Waals surface area contributed by atoms with E-state index >= 15 is 0 Å². The Morgan fingerprint density at radius 1 is 1.22 bits per heavy atom. The number of carbonyl (C=O) groups excluding carboxylic acids is 2. The average molecular weight is 508 g/mol. The maximum Gasteiger partial charge on any atom is 0.248 e. The van der Waals surface area contributed by atoms with Crippen molar-refractivity contribution in [3.63, 3.8) is 0 Å². The van der Waals surface area contributed by atoms with Crippen LogP contribution < -0.4 is 5.32 Å². The number of β-amino-alcohol motifs (C(OH)–C–C–N with tert-alkyl or cyclic N) is 1. The molecule has 3 atom stereocenters. The number of rotatable bonds is 8. The Morgan fingerprint density at radius 2 is 2.03 bits per heavy atom. The molecule has 37 heavy (non-hydrogen) atoms. The van der Waals surface area contributed by atoms with Gasteiger partial charge in [0.1, 0.15) is 17.8 Å². The molecule has 0 spiro atoms. The summed E-state index contributed by atoms with van der Waals surface area (Å²) in [5.74, 6) is -0.141. The maximum atomic E-state index is 13.8. The molecule has 0 radical (unpaired) electrons. The fourth-order valence-electron chi connectivity index (χ4n) is 4.76. The maximum absolute atomic E-state index is 13.8. The highest BCUT2D eigenvalue weighted by atomic mass is 16.3. The third kappa shape index (κ3) is 5.53. The molecule has 2 aliphatic rings. The zero-order valence-corrected chi connectivity index (χ0v) is 21.4. The Labute approximate surface area is 215 Å². The molecule has 2 amide bonds. The summed E-state index contributed by atoms with van der Waals surface area (Å²) in [6, 6.07) is 4.14. The quantitative estimate of drug-likeness (QED) is 0.462. The van der Waals surface area contributed by atoms with Gasteiger partial charge in [-0.1, -0.05) is 32.1 Å². The lowest BCUT2D eigenvalue weighted by molar-refractivity contribution is -0.144. The molecular weight excluding hydrogens is 474 g/mol. The lowest BCUT2D eigenvalue weighted by Crippen LogP contribution is -2.50. The third-order valence-electron chi connectivity index (χ3n) is 6.78. The summed E-state index contributed by atoms with van der Waals surface area (Å²) in [5, 5.41) is 30.4. The van der Waals surface area contributed by atoms with Gasteiger partial charge in [0, 0.05) is 37.8 Å². The van der Waals surface area contributed by atoms with Crippen LogP contribution in [0.15, 0.2) is 36.8 Å². The van der Waals surface area contributed by atoms with Crippen molar-refractivity contribution < 1.29 is 14.7 Å². The molecule has 1 saturated carbocycles. The SMILES string of the molecule is CC(C)(C)[C@@H](C(=O)N1CC(O)CC1C(=O)NCCn1ncc(-c2ccccn2)n1)n1cc(C2CC2)nn1. The molecule has 0 aromatic carbocycles. The Morgan fingerprint density at radius 3 is 2.73 bits per heavy atom. The first kappa shape index (κ1) is 25.0. The number of nitrogens with zero attached hydrogens (tertiary/aromatic N) is 8. The summed E-state index contributed by atoms with van der Waals surface area (Å²) in [7, 11) is 0. The molecule has 2 N–H and O–H groups in total. The fraction of sp³-hybridized carbons (Fsp3) is 0.560. The normalized spacial score (nSPS) is 20.7. The summed E-state index contributed by atoms with van der Waals surface area (Å²) < 4.78 is 1.62. The number of likely N-dealkylation sites (tertiary alicyclic amines) is 1. The number of aliphatic hydroxyl groups excluding tert-OH is 1. The second kappa shape index (κ2) is 10.0. The molecule has 12 nitrogen and oxygen atoms in total. The molecule has 1 aliphatic carbocycles. The van der Waals surface area contributed by atoms with Gasteiger partial charge >= 0.3 is 0 Å². The van der Waals surface area contributed by atoms with Crippen LogP contribution >= 0.6 is 0 Å². The van der Waals surface area contributed by atoms with Crippen LogP contribution in [0, 0.1) is 5.41 Å². The zero-order valence-electron chi connectivity index (χ0n) is 21.4. The number of hydrogen-bond acceptors (Lipinski definition) is 8. The molecule has 4 heterocycles. The van der Waals surface area contributed by atoms with E-state index < -0.39 is 23.6 Å². The number of aromatic nitrogens is 7. The Hall–Kier alpha value is -3.67. The minimum Gasteiger partial charge on any atom is -0.391 e. The minimum atomic E-state index is -0.771. The average Bonchev–Trinajstić information content (AvgIpc) is 3.24. The van der Waals surface area contributed by atoms with E-state index in [4.69, 9.17) is 0 Å². The Kier molecular flexibility index (Phi) is 6.76. The van der Waals surface area contributed by atoms with Gasteiger partial charge in [-0.25, -0.2) is 4.68 Å². The minimum absolute atomic E-state index is 0.0990. The third-order valence-corrected chi connectivity index (χ3v) is 6.78. The molecule has 1 aliphatic heterocycles. The van der Waals surface area contributed by atoms with Crippen molar-refractivity contribution in [3.05, 3.63) is 42.5 Å². The van der Waals surface area contributed by atoms with Crippen LogP contribution in [0.3, 0.4) is 0 Å². The van der Waals surface area contributed by atoms with Crippen molar-refractivity contribution in [1.29, 1.82) is 0 Å². The second-order valence-corrected chi connectivity index (χ2v) is 10.9. The summed E-state index contributed by atoms with van der Waals surface area (Å²) in [4.78, 5) is 34.2. The first-order chi connectivity index (χ1) is 17.7. The summed E-state index contributed by atoms with van der Waals surface area (Å²) in [6.07, 6.45) is 6.76. The van der Waals surface area contributed by atoms with E-state index in [0.29, 0.717) is 18.2 Å². The van der Waals surface area contributed by atoms with Crippen molar-refractivity contribution >= 4 is 11.8 Å². The molecule has 196 valence electrons. The van der Waals surface area contributed by atoms with Crippen molar-refractivity contribution in [2.75, 3.05) is 13.1 Å². The smallest absolute Gasteiger partial charge is 0.248 e. The van der Waals surface area contributed by atoms with Crippen LogP contribution in [-0.2, 0) is 16.1 Å². The van der Waals surface area contributed by atoms with Crippen molar-refractivity contribution in [2.45, 2.75) is 70.7 Å². The predicted octanol–water partition coefficient (Wildman–Crippen LogP) is 1.17. The number of aliphatic hydroxyl groups is 1.